The molecule has 3 N–H and O–H groups in total. The van der Waals surface area contributed by atoms with Crippen molar-refractivity contribution in [3.8, 4) is 0 Å². The highest BCUT2D eigenvalue weighted by atomic mass is 16.2. The molecule has 6 heteroatoms. The molecule has 1 aliphatic carbocycles. The third kappa shape index (κ3) is 6.01. The second-order valence-corrected chi connectivity index (χ2v) is 7.17. The largest absolute Gasteiger partial charge is 0.370 e. The van der Waals surface area contributed by atoms with E-state index in [0.29, 0.717) is 23.7 Å². The number of carbonyl (C=O) groups excluding carboxylic acids is 1. The summed E-state index contributed by atoms with van der Waals surface area (Å²) in [4.78, 5) is 21.0. The Morgan fingerprint density at radius 2 is 1.96 bits per heavy atom. The van der Waals surface area contributed by atoms with E-state index in [1.54, 1.807) is 0 Å². The first-order valence-corrected chi connectivity index (χ1v) is 9.11. The average molecular weight is 323 g/mol. The zero-order valence-corrected chi connectivity index (χ0v) is 14.8. The predicted octanol–water partition coefficient (Wildman–Crippen LogP) is 0.881. The fraction of sp³-hybridized carbons (Fsp3) is 0.882. The molecule has 1 saturated heterocycles. The quantitative estimate of drug-likeness (QED) is 0.539. The summed E-state index contributed by atoms with van der Waals surface area (Å²) >= 11 is 0. The first kappa shape index (κ1) is 18.0. The van der Waals surface area contributed by atoms with Gasteiger partial charge in [0, 0.05) is 51.7 Å². The van der Waals surface area contributed by atoms with Crippen LogP contribution >= 0.6 is 0 Å². The molecule has 1 aliphatic heterocycles. The summed E-state index contributed by atoms with van der Waals surface area (Å²) in [6, 6.07) is 0. The maximum Gasteiger partial charge on any atom is 0.225 e. The van der Waals surface area contributed by atoms with Crippen LogP contribution in [0.3, 0.4) is 0 Å². The Bertz CT molecular complexity index is 398. The van der Waals surface area contributed by atoms with Crippen molar-refractivity contribution < 1.29 is 4.79 Å². The number of nitrogens with two attached hydrogens (primary N) is 1. The predicted molar refractivity (Wildman–Crippen MR) is 94.3 cm³/mol. The van der Waals surface area contributed by atoms with Gasteiger partial charge in [-0.25, -0.2) is 0 Å². The molecule has 2 rings (SSSR count). The van der Waals surface area contributed by atoms with Crippen molar-refractivity contribution >= 4 is 11.9 Å². The van der Waals surface area contributed by atoms with Gasteiger partial charge in [0.1, 0.15) is 0 Å². The van der Waals surface area contributed by atoms with Gasteiger partial charge in [-0.1, -0.05) is 20.3 Å². The number of amides is 1. The Labute approximate surface area is 140 Å². The fourth-order valence-electron chi connectivity index (χ4n) is 2.95. The molecule has 2 aliphatic rings. The lowest BCUT2D eigenvalue weighted by atomic mass is 9.84. The minimum absolute atomic E-state index is 0.324. The standard InChI is InChI=1S/C17H33N5O/c1-14(2)6-7-19-17(18)20-8-9-21-10-12-22(13-11-21)16(23)15-4-3-5-15/h14-15H,3-13H2,1-2H3,(H3,18,19,20). The lowest BCUT2D eigenvalue weighted by molar-refractivity contribution is -0.139. The highest BCUT2D eigenvalue weighted by molar-refractivity contribution is 5.79. The first-order valence-electron chi connectivity index (χ1n) is 9.11. The second-order valence-electron chi connectivity index (χ2n) is 7.17. The highest BCUT2D eigenvalue weighted by Crippen LogP contribution is 2.28. The Hall–Kier alpha value is -1.30. The number of rotatable bonds is 7. The van der Waals surface area contributed by atoms with Crippen LogP contribution in [0.2, 0.25) is 0 Å². The molecule has 1 heterocycles. The van der Waals surface area contributed by atoms with Crippen LogP contribution < -0.4 is 11.1 Å². The molecule has 0 bridgehead atoms. The molecule has 0 aromatic rings. The van der Waals surface area contributed by atoms with Gasteiger partial charge in [0.25, 0.3) is 0 Å². The maximum absolute atomic E-state index is 12.2. The number of aliphatic imine (C=N–C) groups is 1. The van der Waals surface area contributed by atoms with Gasteiger partial charge < -0.3 is 16.0 Å². The van der Waals surface area contributed by atoms with Crippen molar-refractivity contribution in [1.82, 2.24) is 15.1 Å². The lowest BCUT2D eigenvalue weighted by Gasteiger charge is -2.38. The number of piperazine rings is 1. The molecule has 0 aromatic heterocycles. The van der Waals surface area contributed by atoms with Gasteiger partial charge in [-0.15, -0.1) is 0 Å². The molecule has 1 amide bonds. The third-order valence-corrected chi connectivity index (χ3v) is 4.86. The van der Waals surface area contributed by atoms with E-state index in [1.807, 2.05) is 0 Å². The molecule has 0 unspecified atom stereocenters. The topological polar surface area (TPSA) is 74.0 Å². The Morgan fingerprint density at radius 1 is 1.26 bits per heavy atom. The fourth-order valence-corrected chi connectivity index (χ4v) is 2.95. The van der Waals surface area contributed by atoms with Gasteiger partial charge >= 0.3 is 0 Å². The molecule has 0 atom stereocenters. The van der Waals surface area contributed by atoms with Crippen molar-refractivity contribution in [2.24, 2.45) is 22.6 Å². The van der Waals surface area contributed by atoms with Gasteiger partial charge in [-0.2, -0.15) is 0 Å². The van der Waals surface area contributed by atoms with Crippen molar-refractivity contribution in [1.29, 1.82) is 0 Å². The molecule has 6 nitrogen and oxygen atoms in total. The van der Waals surface area contributed by atoms with Gasteiger partial charge in [-0.3, -0.25) is 14.7 Å². The molecular weight excluding hydrogens is 290 g/mol. The Morgan fingerprint density at radius 3 is 2.52 bits per heavy atom. The van der Waals surface area contributed by atoms with Crippen LogP contribution in [0.25, 0.3) is 0 Å². The van der Waals surface area contributed by atoms with E-state index in [-0.39, 0.29) is 0 Å². The van der Waals surface area contributed by atoms with Crippen LogP contribution in [0.1, 0.15) is 39.5 Å². The third-order valence-electron chi connectivity index (χ3n) is 4.86. The van der Waals surface area contributed by atoms with Crippen molar-refractivity contribution in [2.75, 3.05) is 45.8 Å². The van der Waals surface area contributed by atoms with Crippen LogP contribution in [0.5, 0.6) is 0 Å². The van der Waals surface area contributed by atoms with Gasteiger partial charge in [0.2, 0.25) is 5.91 Å². The molecule has 0 aromatic carbocycles. The van der Waals surface area contributed by atoms with Crippen LogP contribution in [-0.4, -0.2) is 67.5 Å². The maximum atomic E-state index is 12.2. The number of guanidine groups is 1. The monoisotopic (exact) mass is 323 g/mol. The highest BCUT2D eigenvalue weighted by Gasteiger charge is 2.30. The number of nitrogens with zero attached hydrogens (tertiary/aromatic N) is 3. The number of carbonyl (C=O) groups is 1. The zero-order valence-electron chi connectivity index (χ0n) is 14.8. The number of hydrogen-bond acceptors (Lipinski definition) is 3. The van der Waals surface area contributed by atoms with E-state index in [1.165, 1.54) is 6.42 Å². The minimum Gasteiger partial charge on any atom is -0.370 e. The zero-order chi connectivity index (χ0) is 16.7. The van der Waals surface area contributed by atoms with Crippen LogP contribution in [0, 0.1) is 11.8 Å². The molecular formula is C17H33N5O. The van der Waals surface area contributed by atoms with Crippen LogP contribution in [0.4, 0.5) is 0 Å². The van der Waals surface area contributed by atoms with Crippen LogP contribution in [0.15, 0.2) is 4.99 Å². The van der Waals surface area contributed by atoms with Gasteiger partial charge in [0.15, 0.2) is 5.96 Å². The Balaban J connectivity index is 1.56. The van der Waals surface area contributed by atoms with Gasteiger partial charge in [-0.05, 0) is 25.2 Å². The van der Waals surface area contributed by atoms with Crippen molar-refractivity contribution in [2.45, 2.75) is 39.5 Å². The summed E-state index contributed by atoms with van der Waals surface area (Å²) in [5.74, 6) is 1.91. The molecule has 0 spiro atoms. The first-order chi connectivity index (χ1) is 11.1. The summed E-state index contributed by atoms with van der Waals surface area (Å²) in [5, 5.41) is 3.18. The summed E-state index contributed by atoms with van der Waals surface area (Å²) < 4.78 is 0. The van der Waals surface area contributed by atoms with E-state index in [9.17, 15) is 4.79 Å². The van der Waals surface area contributed by atoms with E-state index in [0.717, 1.165) is 65.1 Å². The number of hydrogen-bond donors (Lipinski definition) is 2. The van der Waals surface area contributed by atoms with E-state index in [2.05, 4.69) is 34.0 Å². The summed E-state index contributed by atoms with van der Waals surface area (Å²) in [6.07, 6.45) is 4.48. The summed E-state index contributed by atoms with van der Waals surface area (Å²) in [7, 11) is 0. The van der Waals surface area contributed by atoms with E-state index < -0.39 is 0 Å². The van der Waals surface area contributed by atoms with Crippen molar-refractivity contribution in [3.63, 3.8) is 0 Å². The molecule has 2 fully saturated rings. The molecule has 23 heavy (non-hydrogen) atoms. The van der Waals surface area contributed by atoms with Crippen LogP contribution in [-0.2, 0) is 4.79 Å². The lowest BCUT2D eigenvalue weighted by Crippen LogP contribution is -2.52. The molecule has 0 radical (unpaired) electrons. The Kier molecular flexibility index (Phi) is 7.15. The summed E-state index contributed by atoms with van der Waals surface area (Å²) in [5.41, 5.74) is 5.86. The number of nitrogens with one attached hydrogen (secondary N) is 1. The molecule has 1 saturated carbocycles. The minimum atomic E-state index is 0.324. The average Bonchev–Trinajstić information content (AvgIpc) is 2.45. The SMILES string of the molecule is CC(C)CCN=C(N)NCCN1CCN(C(=O)C2CCC2)CC1. The van der Waals surface area contributed by atoms with E-state index in [4.69, 9.17) is 5.73 Å². The molecule has 132 valence electrons. The normalized spacial score (nSPS) is 20.7. The van der Waals surface area contributed by atoms with Gasteiger partial charge in [0.05, 0.1) is 0 Å². The van der Waals surface area contributed by atoms with E-state index >= 15 is 0 Å². The van der Waals surface area contributed by atoms with Crippen molar-refractivity contribution in [3.05, 3.63) is 0 Å². The second kappa shape index (κ2) is 9.11. The summed E-state index contributed by atoms with van der Waals surface area (Å²) in [6.45, 7) is 10.6. The smallest absolute Gasteiger partial charge is 0.225 e.